The second-order valence-electron chi connectivity index (χ2n) is 6.13. The first-order valence-electron chi connectivity index (χ1n) is 8.14. The van der Waals surface area contributed by atoms with Crippen LogP contribution in [0.2, 0.25) is 5.02 Å². The second kappa shape index (κ2) is 7.63. The van der Waals surface area contributed by atoms with Gasteiger partial charge in [0, 0.05) is 11.2 Å². The molecule has 1 atom stereocenters. The van der Waals surface area contributed by atoms with E-state index in [1.807, 2.05) is 42.8 Å². The van der Waals surface area contributed by atoms with E-state index in [-0.39, 0.29) is 5.91 Å². The molecule has 0 spiro atoms. The molecule has 0 saturated carbocycles. The van der Waals surface area contributed by atoms with Crippen LogP contribution < -0.4 is 5.32 Å². The van der Waals surface area contributed by atoms with Gasteiger partial charge in [-0.2, -0.15) is 10.2 Å². The Morgan fingerprint density at radius 3 is 2.62 bits per heavy atom. The zero-order chi connectivity index (χ0) is 18.8. The van der Waals surface area contributed by atoms with E-state index in [0.29, 0.717) is 11.6 Å². The third-order valence-electron chi connectivity index (χ3n) is 4.22. The van der Waals surface area contributed by atoms with Gasteiger partial charge < -0.3 is 5.32 Å². The monoisotopic (exact) mass is 435 g/mol. The van der Waals surface area contributed by atoms with Crippen LogP contribution in [-0.2, 0) is 11.3 Å². The van der Waals surface area contributed by atoms with Gasteiger partial charge in [-0.15, -0.1) is 0 Å². The highest BCUT2D eigenvalue weighted by molar-refractivity contribution is 9.10. The van der Waals surface area contributed by atoms with E-state index in [1.54, 1.807) is 24.0 Å². The summed E-state index contributed by atoms with van der Waals surface area (Å²) in [5.74, 6) is -0.141. The van der Waals surface area contributed by atoms with E-state index in [9.17, 15) is 4.79 Å². The van der Waals surface area contributed by atoms with Gasteiger partial charge in [0.15, 0.2) is 0 Å². The summed E-state index contributed by atoms with van der Waals surface area (Å²) in [6.45, 7) is 6.25. The lowest BCUT2D eigenvalue weighted by molar-refractivity contribution is -0.119. The fraction of sp³-hybridized carbons (Fsp3) is 0.278. The van der Waals surface area contributed by atoms with Crippen molar-refractivity contribution < 1.29 is 4.79 Å². The maximum atomic E-state index is 12.6. The minimum absolute atomic E-state index is 0.141. The van der Waals surface area contributed by atoms with Gasteiger partial charge in [-0.05, 0) is 54.4 Å². The SMILES string of the molecule is Cc1nn(Cc2ccc(Cl)cc2)c(C)c1NC(=O)C(C)n1cc(Br)cn1. The molecule has 2 heterocycles. The molecular weight excluding hydrogens is 418 g/mol. The third kappa shape index (κ3) is 3.99. The summed E-state index contributed by atoms with van der Waals surface area (Å²) in [5.41, 5.74) is 3.51. The predicted molar refractivity (Wildman–Crippen MR) is 106 cm³/mol. The lowest BCUT2D eigenvalue weighted by Gasteiger charge is -2.13. The molecule has 0 saturated heterocycles. The summed E-state index contributed by atoms with van der Waals surface area (Å²) < 4.78 is 4.33. The van der Waals surface area contributed by atoms with Crippen molar-refractivity contribution in [2.75, 3.05) is 5.32 Å². The molecule has 0 radical (unpaired) electrons. The molecule has 1 N–H and O–H groups in total. The maximum absolute atomic E-state index is 12.6. The van der Waals surface area contributed by atoms with Crippen LogP contribution in [0.25, 0.3) is 0 Å². The lowest BCUT2D eigenvalue weighted by atomic mass is 10.2. The van der Waals surface area contributed by atoms with Crippen molar-refractivity contribution >= 4 is 39.1 Å². The van der Waals surface area contributed by atoms with E-state index in [0.717, 1.165) is 27.1 Å². The number of carbonyl (C=O) groups excluding carboxylic acids is 1. The highest BCUT2D eigenvalue weighted by Gasteiger charge is 2.20. The van der Waals surface area contributed by atoms with Crippen LogP contribution in [0.5, 0.6) is 0 Å². The van der Waals surface area contributed by atoms with Crippen molar-refractivity contribution in [3.05, 3.63) is 63.1 Å². The van der Waals surface area contributed by atoms with Crippen LogP contribution in [0, 0.1) is 13.8 Å². The van der Waals surface area contributed by atoms with Crippen molar-refractivity contribution in [3.63, 3.8) is 0 Å². The van der Waals surface area contributed by atoms with Gasteiger partial charge in [-0.25, -0.2) is 0 Å². The van der Waals surface area contributed by atoms with Gasteiger partial charge in [-0.3, -0.25) is 14.2 Å². The van der Waals surface area contributed by atoms with Gasteiger partial charge in [0.05, 0.1) is 34.3 Å². The molecule has 6 nitrogen and oxygen atoms in total. The summed E-state index contributed by atoms with van der Waals surface area (Å²) in [5, 5.41) is 12.4. The summed E-state index contributed by atoms with van der Waals surface area (Å²) in [6.07, 6.45) is 3.43. The first-order valence-corrected chi connectivity index (χ1v) is 9.31. The van der Waals surface area contributed by atoms with Gasteiger partial charge in [-0.1, -0.05) is 23.7 Å². The molecule has 2 aromatic heterocycles. The molecule has 8 heteroatoms. The normalized spacial score (nSPS) is 12.2. The number of aryl methyl sites for hydroxylation is 1. The Bertz CT molecular complexity index is 932. The van der Waals surface area contributed by atoms with Gasteiger partial charge in [0.2, 0.25) is 5.91 Å². The highest BCUT2D eigenvalue weighted by Crippen LogP contribution is 2.22. The smallest absolute Gasteiger partial charge is 0.249 e. The number of anilines is 1. The molecule has 0 aliphatic carbocycles. The number of halogens is 2. The van der Waals surface area contributed by atoms with E-state index in [2.05, 4.69) is 31.4 Å². The molecule has 1 unspecified atom stereocenters. The van der Waals surface area contributed by atoms with Crippen LogP contribution in [0.15, 0.2) is 41.1 Å². The molecule has 26 heavy (non-hydrogen) atoms. The Morgan fingerprint density at radius 1 is 1.31 bits per heavy atom. The van der Waals surface area contributed by atoms with Crippen molar-refractivity contribution in [1.82, 2.24) is 19.6 Å². The molecule has 0 aliphatic heterocycles. The van der Waals surface area contributed by atoms with Crippen LogP contribution in [0.1, 0.15) is 29.9 Å². The van der Waals surface area contributed by atoms with E-state index >= 15 is 0 Å². The molecule has 1 aromatic carbocycles. The average molecular weight is 437 g/mol. The molecule has 1 amide bonds. The minimum Gasteiger partial charge on any atom is -0.321 e. The number of carbonyl (C=O) groups is 1. The fourth-order valence-corrected chi connectivity index (χ4v) is 3.10. The Morgan fingerprint density at radius 2 is 2.00 bits per heavy atom. The van der Waals surface area contributed by atoms with Gasteiger partial charge in [0.25, 0.3) is 0 Å². The molecular formula is C18H19BrClN5O. The summed E-state index contributed by atoms with van der Waals surface area (Å²) >= 11 is 9.28. The second-order valence-corrected chi connectivity index (χ2v) is 7.49. The quantitative estimate of drug-likeness (QED) is 0.646. The Kier molecular flexibility index (Phi) is 5.48. The predicted octanol–water partition coefficient (Wildman–Crippen LogP) is 4.36. The van der Waals surface area contributed by atoms with E-state index in [4.69, 9.17) is 11.6 Å². The lowest BCUT2D eigenvalue weighted by Crippen LogP contribution is -2.24. The molecule has 3 aromatic rings. The van der Waals surface area contributed by atoms with Crippen LogP contribution in [-0.4, -0.2) is 25.5 Å². The standard InChI is InChI=1S/C18H19BrClN5O/c1-11-17(22-18(26)13(3)24-10-15(19)8-21-24)12(2)25(23-11)9-14-4-6-16(20)7-5-14/h4-8,10,13H,9H2,1-3H3,(H,22,26). The average Bonchev–Trinajstić information content (AvgIpc) is 3.15. The van der Waals surface area contributed by atoms with Crippen molar-refractivity contribution in [2.45, 2.75) is 33.4 Å². The number of aromatic nitrogens is 4. The number of hydrogen-bond acceptors (Lipinski definition) is 3. The summed E-state index contributed by atoms with van der Waals surface area (Å²) in [7, 11) is 0. The van der Waals surface area contributed by atoms with Gasteiger partial charge in [0.1, 0.15) is 6.04 Å². The number of nitrogens with one attached hydrogen (secondary N) is 1. The van der Waals surface area contributed by atoms with E-state index < -0.39 is 6.04 Å². The third-order valence-corrected chi connectivity index (χ3v) is 4.88. The van der Waals surface area contributed by atoms with Gasteiger partial charge >= 0.3 is 0 Å². The number of nitrogens with zero attached hydrogens (tertiary/aromatic N) is 4. The van der Waals surface area contributed by atoms with Crippen LogP contribution >= 0.6 is 27.5 Å². The first kappa shape index (κ1) is 18.7. The maximum Gasteiger partial charge on any atom is 0.249 e. The van der Waals surface area contributed by atoms with Crippen molar-refractivity contribution in [2.24, 2.45) is 0 Å². The van der Waals surface area contributed by atoms with Crippen molar-refractivity contribution in [3.8, 4) is 0 Å². The van der Waals surface area contributed by atoms with Crippen LogP contribution in [0.4, 0.5) is 5.69 Å². The molecule has 3 rings (SSSR count). The molecule has 0 bridgehead atoms. The molecule has 0 aliphatic rings. The van der Waals surface area contributed by atoms with Crippen molar-refractivity contribution in [1.29, 1.82) is 0 Å². The molecule has 0 fully saturated rings. The van der Waals surface area contributed by atoms with E-state index in [1.165, 1.54) is 0 Å². The number of amides is 1. The topological polar surface area (TPSA) is 64.7 Å². The highest BCUT2D eigenvalue weighted by atomic mass is 79.9. The molecule has 136 valence electrons. The number of hydrogen-bond donors (Lipinski definition) is 1. The summed E-state index contributed by atoms with van der Waals surface area (Å²) in [4.78, 5) is 12.6. The van der Waals surface area contributed by atoms with Crippen LogP contribution in [0.3, 0.4) is 0 Å². The Labute approximate surface area is 165 Å². The summed E-state index contributed by atoms with van der Waals surface area (Å²) in [6, 6.07) is 7.22. The number of rotatable bonds is 5. The zero-order valence-corrected chi connectivity index (χ0v) is 17.0. The fourth-order valence-electron chi connectivity index (χ4n) is 2.67. The Hall–Kier alpha value is -2.12. The number of benzene rings is 1. The zero-order valence-electron chi connectivity index (χ0n) is 14.7. The Balaban J connectivity index is 1.77. The minimum atomic E-state index is -0.431. The first-order chi connectivity index (χ1) is 12.3. The largest absolute Gasteiger partial charge is 0.321 e.